The van der Waals surface area contributed by atoms with Gasteiger partial charge >= 0.3 is 26.2 Å². The van der Waals surface area contributed by atoms with Crippen LogP contribution < -0.4 is 24.8 Å². The molecule has 0 bridgehead atoms. The Morgan fingerprint density at radius 3 is 1.39 bits per heavy atom. The second kappa shape index (κ2) is 17.3. The summed E-state index contributed by atoms with van der Waals surface area (Å²) in [4.78, 5) is 0. The maximum atomic E-state index is 3.33. The molecular formula is C20H30Cl2Zr. The normalized spacial score (nSPS) is 16.7. The van der Waals surface area contributed by atoms with Crippen LogP contribution in [0.1, 0.15) is 66.2 Å². The molecule has 2 unspecified atom stereocenters. The molecule has 128 valence electrons. The minimum absolute atomic E-state index is 0. The zero-order valence-corrected chi connectivity index (χ0v) is 18.9. The fraction of sp³-hybridized carbons (Fsp3) is 0.600. The van der Waals surface area contributed by atoms with Crippen molar-refractivity contribution in [3.8, 4) is 0 Å². The number of allylic oxidation sites excluding steroid dienone is 8. The number of hydrogen-bond donors (Lipinski definition) is 0. The van der Waals surface area contributed by atoms with Gasteiger partial charge in [-0.05, 0) is 11.8 Å². The molecule has 0 N–H and O–H groups in total. The van der Waals surface area contributed by atoms with Crippen molar-refractivity contribution in [1.29, 1.82) is 0 Å². The van der Waals surface area contributed by atoms with Crippen LogP contribution in [0.25, 0.3) is 0 Å². The SMILES string of the molecule is CCC(C)CC1=[C-]CC=C1.CCC(C)CC1=[C-]CC=C1.[Cl-].[Cl-].[Zr+4]. The minimum atomic E-state index is 0. The molecule has 23 heavy (non-hydrogen) atoms. The van der Waals surface area contributed by atoms with E-state index in [2.05, 4.69) is 64.2 Å². The predicted octanol–water partition coefficient (Wildman–Crippen LogP) is 0.230. The molecule has 0 amide bonds. The summed E-state index contributed by atoms with van der Waals surface area (Å²) < 4.78 is 0. The fourth-order valence-electron chi connectivity index (χ4n) is 2.22. The fourth-order valence-corrected chi connectivity index (χ4v) is 2.22. The van der Waals surface area contributed by atoms with Crippen LogP contribution in [-0.4, -0.2) is 0 Å². The molecule has 0 radical (unpaired) electrons. The van der Waals surface area contributed by atoms with Crippen molar-refractivity contribution in [3.63, 3.8) is 0 Å². The largest absolute Gasteiger partial charge is 4.00 e. The van der Waals surface area contributed by atoms with E-state index in [9.17, 15) is 0 Å². The van der Waals surface area contributed by atoms with Gasteiger partial charge in [0.05, 0.1) is 0 Å². The monoisotopic (exact) mass is 430 g/mol. The summed E-state index contributed by atoms with van der Waals surface area (Å²) in [6.07, 6.45) is 22.5. The Kier molecular flexibility index (Phi) is 21.2. The molecule has 0 saturated carbocycles. The van der Waals surface area contributed by atoms with Crippen molar-refractivity contribution < 1.29 is 51.0 Å². The van der Waals surface area contributed by atoms with Crippen LogP contribution in [-0.2, 0) is 26.2 Å². The van der Waals surface area contributed by atoms with Crippen LogP contribution in [0.5, 0.6) is 0 Å². The van der Waals surface area contributed by atoms with Gasteiger partial charge in [0.15, 0.2) is 0 Å². The molecule has 2 aliphatic carbocycles. The maximum absolute atomic E-state index is 3.33. The molecule has 0 fully saturated rings. The smallest absolute Gasteiger partial charge is 1.00 e. The average molecular weight is 433 g/mol. The van der Waals surface area contributed by atoms with Gasteiger partial charge in [0.2, 0.25) is 0 Å². The van der Waals surface area contributed by atoms with E-state index < -0.39 is 0 Å². The molecule has 2 atom stereocenters. The van der Waals surface area contributed by atoms with E-state index in [1.807, 2.05) is 0 Å². The van der Waals surface area contributed by atoms with Gasteiger partial charge in [-0.2, -0.15) is 12.2 Å². The molecular weight excluding hydrogens is 402 g/mol. The number of rotatable bonds is 6. The topological polar surface area (TPSA) is 0 Å². The maximum Gasteiger partial charge on any atom is 4.00 e. The first-order valence-electron chi connectivity index (χ1n) is 8.18. The summed E-state index contributed by atoms with van der Waals surface area (Å²) in [5.41, 5.74) is 2.82. The molecule has 0 heterocycles. The molecule has 0 aliphatic heterocycles. The van der Waals surface area contributed by atoms with E-state index in [4.69, 9.17) is 0 Å². The van der Waals surface area contributed by atoms with Crippen molar-refractivity contribution in [3.05, 3.63) is 47.6 Å². The summed E-state index contributed by atoms with van der Waals surface area (Å²) in [6.45, 7) is 9.06. The van der Waals surface area contributed by atoms with Crippen molar-refractivity contribution in [2.45, 2.75) is 66.2 Å². The van der Waals surface area contributed by atoms with Gasteiger partial charge < -0.3 is 24.8 Å². The first-order chi connectivity index (χ1) is 9.65. The van der Waals surface area contributed by atoms with Crippen LogP contribution in [0.3, 0.4) is 0 Å². The summed E-state index contributed by atoms with van der Waals surface area (Å²) in [6, 6.07) is 0. The van der Waals surface area contributed by atoms with Crippen molar-refractivity contribution in [2.75, 3.05) is 0 Å². The second-order valence-electron chi connectivity index (χ2n) is 6.05. The van der Waals surface area contributed by atoms with Gasteiger partial charge in [0.25, 0.3) is 0 Å². The zero-order valence-electron chi connectivity index (χ0n) is 15.0. The average Bonchev–Trinajstić information content (AvgIpc) is 3.12. The standard InChI is InChI=1S/2C10H15.2ClH.Zr/c2*1-3-9(2)8-10-6-4-5-7-10;;;/h2*4,6,9H,3,5,8H2,1-2H3;2*1H;/q2*-1;;;+4/p-2. The first-order valence-corrected chi connectivity index (χ1v) is 8.18. The summed E-state index contributed by atoms with van der Waals surface area (Å²) in [7, 11) is 0. The predicted molar refractivity (Wildman–Crippen MR) is 89.2 cm³/mol. The van der Waals surface area contributed by atoms with Gasteiger partial charge in [0.1, 0.15) is 0 Å². The Morgan fingerprint density at radius 1 is 0.826 bits per heavy atom. The Labute approximate surface area is 175 Å². The van der Waals surface area contributed by atoms with Gasteiger partial charge in [-0.25, -0.2) is 23.3 Å². The van der Waals surface area contributed by atoms with E-state index >= 15 is 0 Å². The van der Waals surface area contributed by atoms with Crippen molar-refractivity contribution >= 4 is 0 Å². The van der Waals surface area contributed by atoms with Crippen molar-refractivity contribution in [2.24, 2.45) is 11.8 Å². The summed E-state index contributed by atoms with van der Waals surface area (Å²) >= 11 is 0. The molecule has 2 rings (SSSR count). The van der Waals surface area contributed by atoms with Crippen molar-refractivity contribution in [1.82, 2.24) is 0 Å². The van der Waals surface area contributed by atoms with Crippen LogP contribution in [0.2, 0.25) is 0 Å². The van der Waals surface area contributed by atoms with E-state index in [1.165, 1.54) is 36.8 Å². The quantitative estimate of drug-likeness (QED) is 0.528. The van der Waals surface area contributed by atoms with Crippen LogP contribution in [0.15, 0.2) is 35.5 Å². The summed E-state index contributed by atoms with van der Waals surface area (Å²) in [5, 5.41) is 0. The Morgan fingerprint density at radius 2 is 1.17 bits per heavy atom. The van der Waals surface area contributed by atoms with Gasteiger partial charge in [0, 0.05) is 0 Å². The van der Waals surface area contributed by atoms with E-state index in [1.54, 1.807) is 0 Å². The number of halogens is 2. The van der Waals surface area contributed by atoms with Gasteiger partial charge in [-0.3, -0.25) is 12.2 Å². The third-order valence-corrected chi connectivity index (χ3v) is 4.06. The molecule has 3 heteroatoms. The Bertz CT molecular complexity index is 356. The molecule has 0 saturated heterocycles. The first kappa shape index (κ1) is 28.2. The third kappa shape index (κ3) is 13.4. The van der Waals surface area contributed by atoms with E-state index in [-0.39, 0.29) is 51.0 Å². The van der Waals surface area contributed by atoms with E-state index in [0.29, 0.717) is 0 Å². The Hall–Kier alpha value is 0.423. The molecule has 0 aromatic rings. The third-order valence-electron chi connectivity index (χ3n) is 4.06. The van der Waals surface area contributed by atoms with Crippen LogP contribution >= 0.6 is 0 Å². The van der Waals surface area contributed by atoms with Crippen LogP contribution in [0, 0.1) is 24.0 Å². The molecule has 0 aromatic heterocycles. The zero-order chi connectivity index (χ0) is 14.8. The molecule has 2 aliphatic rings. The Balaban J connectivity index is -0.000000308. The molecule has 0 aromatic carbocycles. The molecule has 0 nitrogen and oxygen atoms in total. The van der Waals surface area contributed by atoms with Gasteiger partial charge in [-0.15, -0.1) is 12.8 Å². The van der Waals surface area contributed by atoms with Crippen LogP contribution in [0.4, 0.5) is 0 Å². The minimum Gasteiger partial charge on any atom is -1.00 e. The van der Waals surface area contributed by atoms with Gasteiger partial charge in [-0.1, -0.05) is 53.4 Å². The summed E-state index contributed by atoms with van der Waals surface area (Å²) in [5.74, 6) is 1.65. The van der Waals surface area contributed by atoms with E-state index in [0.717, 1.165) is 24.7 Å². The molecule has 0 spiro atoms. The second-order valence-corrected chi connectivity index (χ2v) is 6.05. The number of hydrogen-bond acceptors (Lipinski definition) is 0.